The molecular formula is C11H9F3N4. The van der Waals surface area contributed by atoms with Crippen LogP contribution in [0.4, 0.5) is 30.5 Å². The average molecular weight is 254 g/mol. The summed E-state index contributed by atoms with van der Waals surface area (Å²) in [6.07, 6.45) is 0. The highest BCUT2D eigenvalue weighted by Crippen LogP contribution is 2.22. The van der Waals surface area contributed by atoms with E-state index in [9.17, 15) is 13.2 Å². The Morgan fingerprint density at radius 2 is 1.78 bits per heavy atom. The predicted molar refractivity (Wildman–Crippen MR) is 61.6 cm³/mol. The highest BCUT2D eigenvalue weighted by atomic mass is 19.2. The Bertz CT molecular complexity index is 574. The molecule has 0 spiro atoms. The summed E-state index contributed by atoms with van der Waals surface area (Å²) in [6.45, 7) is 0. The van der Waals surface area contributed by atoms with Gasteiger partial charge in [-0.2, -0.15) is 0 Å². The van der Waals surface area contributed by atoms with Crippen LogP contribution < -0.4 is 16.6 Å². The first-order valence-electron chi connectivity index (χ1n) is 4.95. The van der Waals surface area contributed by atoms with Crippen LogP contribution in [0.3, 0.4) is 0 Å². The van der Waals surface area contributed by atoms with Crippen molar-refractivity contribution in [3.05, 3.63) is 47.8 Å². The standard InChI is InChI=1S/C11H9F3N4/c12-6-4-7(13)11(14)8(5-6)16-9-2-1-3-10(17-9)18-15/h1-5H,15H2,(H2,16,17,18). The van der Waals surface area contributed by atoms with Gasteiger partial charge in [0, 0.05) is 12.1 Å². The topological polar surface area (TPSA) is 63.0 Å². The van der Waals surface area contributed by atoms with E-state index in [1.807, 2.05) is 0 Å². The number of nitrogen functional groups attached to an aromatic ring is 1. The fourth-order valence-electron chi connectivity index (χ4n) is 1.37. The van der Waals surface area contributed by atoms with Crippen LogP contribution in [0.5, 0.6) is 0 Å². The summed E-state index contributed by atoms with van der Waals surface area (Å²) in [5.41, 5.74) is 1.96. The number of benzene rings is 1. The zero-order valence-electron chi connectivity index (χ0n) is 9.05. The number of nitrogens with one attached hydrogen (secondary N) is 2. The third-order valence-corrected chi connectivity index (χ3v) is 2.15. The van der Waals surface area contributed by atoms with E-state index in [0.717, 1.165) is 6.07 Å². The molecule has 0 aliphatic rings. The number of nitrogens with zero attached hydrogens (tertiary/aromatic N) is 1. The van der Waals surface area contributed by atoms with Gasteiger partial charge in [-0.15, -0.1) is 0 Å². The molecule has 0 aliphatic heterocycles. The molecular weight excluding hydrogens is 245 g/mol. The molecule has 0 atom stereocenters. The van der Waals surface area contributed by atoms with Gasteiger partial charge in [-0.05, 0) is 12.1 Å². The zero-order valence-corrected chi connectivity index (χ0v) is 9.05. The lowest BCUT2D eigenvalue weighted by Crippen LogP contribution is -2.09. The molecule has 0 bridgehead atoms. The van der Waals surface area contributed by atoms with E-state index in [0.29, 0.717) is 11.9 Å². The first-order chi connectivity index (χ1) is 8.60. The SMILES string of the molecule is NNc1cccc(Nc2cc(F)cc(F)c2F)n1. The van der Waals surface area contributed by atoms with Gasteiger partial charge in [-0.1, -0.05) is 6.07 Å². The molecule has 0 unspecified atom stereocenters. The quantitative estimate of drug-likeness (QED) is 0.447. The Balaban J connectivity index is 2.33. The second-order valence-corrected chi connectivity index (χ2v) is 3.43. The number of halogens is 3. The Morgan fingerprint density at radius 1 is 1.06 bits per heavy atom. The van der Waals surface area contributed by atoms with Gasteiger partial charge in [0.15, 0.2) is 11.6 Å². The molecule has 4 N–H and O–H groups in total. The maximum atomic E-state index is 13.4. The van der Waals surface area contributed by atoms with Crippen molar-refractivity contribution in [3.63, 3.8) is 0 Å². The first kappa shape index (κ1) is 12.2. The van der Waals surface area contributed by atoms with Crippen LogP contribution >= 0.6 is 0 Å². The highest BCUT2D eigenvalue weighted by molar-refractivity contribution is 5.58. The molecule has 0 aliphatic carbocycles. The maximum absolute atomic E-state index is 13.4. The maximum Gasteiger partial charge on any atom is 0.182 e. The van der Waals surface area contributed by atoms with Crippen LogP contribution in [0.15, 0.2) is 30.3 Å². The number of rotatable bonds is 3. The van der Waals surface area contributed by atoms with Crippen LogP contribution in [0.25, 0.3) is 0 Å². The average Bonchev–Trinajstić information content (AvgIpc) is 2.35. The molecule has 18 heavy (non-hydrogen) atoms. The van der Waals surface area contributed by atoms with Gasteiger partial charge < -0.3 is 10.7 Å². The van der Waals surface area contributed by atoms with Crippen molar-refractivity contribution in [2.24, 2.45) is 5.84 Å². The van der Waals surface area contributed by atoms with Gasteiger partial charge in [-0.3, -0.25) is 0 Å². The first-order valence-corrected chi connectivity index (χ1v) is 4.95. The number of aromatic nitrogens is 1. The molecule has 4 nitrogen and oxygen atoms in total. The van der Waals surface area contributed by atoms with Crippen LogP contribution in [0.1, 0.15) is 0 Å². The van der Waals surface area contributed by atoms with Gasteiger partial charge in [0.2, 0.25) is 0 Å². The van der Waals surface area contributed by atoms with E-state index in [-0.39, 0.29) is 11.5 Å². The van der Waals surface area contributed by atoms with Gasteiger partial charge in [0.25, 0.3) is 0 Å². The van der Waals surface area contributed by atoms with E-state index >= 15 is 0 Å². The van der Waals surface area contributed by atoms with Crippen molar-refractivity contribution in [2.75, 3.05) is 10.7 Å². The van der Waals surface area contributed by atoms with E-state index in [4.69, 9.17) is 5.84 Å². The number of nitrogens with two attached hydrogens (primary N) is 1. The normalized spacial score (nSPS) is 10.2. The lowest BCUT2D eigenvalue weighted by molar-refractivity contribution is 0.498. The number of hydrazine groups is 1. The molecule has 2 rings (SSSR count). The second-order valence-electron chi connectivity index (χ2n) is 3.43. The largest absolute Gasteiger partial charge is 0.338 e. The van der Waals surface area contributed by atoms with Crippen molar-refractivity contribution in [3.8, 4) is 0 Å². The Labute approximate surface area is 101 Å². The Hall–Kier alpha value is -2.28. The molecule has 0 saturated carbocycles. The highest BCUT2D eigenvalue weighted by Gasteiger charge is 2.11. The third kappa shape index (κ3) is 2.51. The number of hydrogen-bond donors (Lipinski definition) is 3. The minimum Gasteiger partial charge on any atom is -0.338 e. The van der Waals surface area contributed by atoms with Crippen LogP contribution in [-0.4, -0.2) is 4.98 Å². The molecule has 7 heteroatoms. The molecule has 2 aromatic rings. The lowest BCUT2D eigenvalue weighted by Gasteiger charge is -2.08. The number of pyridine rings is 1. The summed E-state index contributed by atoms with van der Waals surface area (Å²) in [5, 5.41) is 2.47. The van der Waals surface area contributed by atoms with Crippen molar-refractivity contribution < 1.29 is 13.2 Å². The second kappa shape index (κ2) is 4.92. The van der Waals surface area contributed by atoms with E-state index in [1.54, 1.807) is 12.1 Å². The van der Waals surface area contributed by atoms with E-state index < -0.39 is 17.5 Å². The molecule has 1 aromatic carbocycles. The van der Waals surface area contributed by atoms with Crippen molar-refractivity contribution >= 4 is 17.3 Å². The van der Waals surface area contributed by atoms with Crippen LogP contribution in [-0.2, 0) is 0 Å². The van der Waals surface area contributed by atoms with Gasteiger partial charge in [0.1, 0.15) is 17.5 Å². The summed E-state index contributed by atoms with van der Waals surface area (Å²) in [5.74, 6) is 2.36. The molecule has 0 saturated heterocycles. The van der Waals surface area contributed by atoms with Crippen LogP contribution in [0.2, 0.25) is 0 Å². The molecule has 1 heterocycles. The van der Waals surface area contributed by atoms with Crippen molar-refractivity contribution in [1.82, 2.24) is 4.98 Å². The summed E-state index contributed by atoms with van der Waals surface area (Å²) < 4.78 is 39.3. The molecule has 94 valence electrons. The minimum atomic E-state index is -1.27. The van der Waals surface area contributed by atoms with E-state index in [1.165, 1.54) is 6.07 Å². The lowest BCUT2D eigenvalue weighted by atomic mass is 10.2. The minimum absolute atomic E-state index is 0.203. The molecule has 0 amide bonds. The van der Waals surface area contributed by atoms with Gasteiger partial charge in [0.05, 0.1) is 5.69 Å². The third-order valence-electron chi connectivity index (χ3n) is 2.15. The number of anilines is 3. The fraction of sp³-hybridized carbons (Fsp3) is 0. The van der Waals surface area contributed by atoms with Crippen LogP contribution in [0, 0.1) is 17.5 Å². The summed E-state index contributed by atoms with van der Waals surface area (Å²) >= 11 is 0. The summed E-state index contributed by atoms with van der Waals surface area (Å²) in [7, 11) is 0. The van der Waals surface area contributed by atoms with Gasteiger partial charge in [-0.25, -0.2) is 24.0 Å². The summed E-state index contributed by atoms with van der Waals surface area (Å²) in [4.78, 5) is 3.93. The Kier molecular flexibility index (Phi) is 3.33. The van der Waals surface area contributed by atoms with Crippen molar-refractivity contribution in [2.45, 2.75) is 0 Å². The summed E-state index contributed by atoms with van der Waals surface area (Å²) in [6, 6.07) is 5.98. The van der Waals surface area contributed by atoms with Crippen molar-refractivity contribution in [1.29, 1.82) is 0 Å². The smallest absolute Gasteiger partial charge is 0.182 e. The van der Waals surface area contributed by atoms with Gasteiger partial charge >= 0.3 is 0 Å². The predicted octanol–water partition coefficient (Wildman–Crippen LogP) is 2.53. The molecule has 0 radical (unpaired) electrons. The fourth-order valence-corrected chi connectivity index (χ4v) is 1.37. The molecule has 0 fully saturated rings. The monoisotopic (exact) mass is 254 g/mol. The zero-order chi connectivity index (χ0) is 13.1. The van der Waals surface area contributed by atoms with E-state index in [2.05, 4.69) is 15.7 Å². The Morgan fingerprint density at radius 3 is 2.50 bits per heavy atom. The number of hydrogen-bond acceptors (Lipinski definition) is 4. The molecule has 1 aromatic heterocycles.